The van der Waals surface area contributed by atoms with Crippen molar-refractivity contribution in [2.24, 2.45) is 0 Å². The number of nitrogens with one attached hydrogen (secondary N) is 1. The van der Waals surface area contributed by atoms with Crippen LogP contribution >= 0.6 is 0 Å². The zero-order valence-electron chi connectivity index (χ0n) is 14.9. The maximum Gasteiger partial charge on any atom is 0.268 e. The van der Waals surface area contributed by atoms with Crippen molar-refractivity contribution in [3.8, 4) is 0 Å². The first-order valence-electron chi connectivity index (χ1n) is 8.63. The number of aromatic amines is 1. The summed E-state index contributed by atoms with van der Waals surface area (Å²) in [5, 5.41) is 1.59. The van der Waals surface area contributed by atoms with E-state index in [1.807, 2.05) is 61.5 Å². The number of aromatic nitrogens is 2. The van der Waals surface area contributed by atoms with Gasteiger partial charge in [-0.15, -0.1) is 0 Å². The van der Waals surface area contributed by atoms with Gasteiger partial charge in [0.25, 0.3) is 11.8 Å². The Labute approximate surface area is 155 Å². The number of anilines is 2. The molecular formula is C21H16N4O2. The number of carbonyl (C=O) groups excluding carboxylic acids is 2. The highest BCUT2D eigenvalue weighted by molar-refractivity contribution is 6.36. The summed E-state index contributed by atoms with van der Waals surface area (Å²) in [4.78, 5) is 37.0. The van der Waals surface area contributed by atoms with E-state index in [4.69, 9.17) is 0 Å². The number of carbonyl (C=O) groups is 2. The van der Waals surface area contributed by atoms with E-state index in [0.717, 1.165) is 21.5 Å². The minimum atomic E-state index is -0.368. The predicted octanol–water partition coefficient (Wildman–Crippen LogP) is 3.58. The Morgan fingerprint density at radius 1 is 0.889 bits per heavy atom. The van der Waals surface area contributed by atoms with Crippen LogP contribution in [-0.2, 0) is 0 Å². The normalized spacial score (nSPS) is 13.6. The van der Waals surface area contributed by atoms with Crippen LogP contribution in [0.2, 0.25) is 0 Å². The average Bonchev–Trinajstić information content (AvgIpc) is 3.09. The van der Waals surface area contributed by atoms with Crippen molar-refractivity contribution >= 4 is 45.3 Å². The van der Waals surface area contributed by atoms with E-state index in [2.05, 4.69) is 9.97 Å². The van der Waals surface area contributed by atoms with Crippen LogP contribution in [-0.4, -0.2) is 35.9 Å². The Hall–Kier alpha value is -3.67. The summed E-state index contributed by atoms with van der Waals surface area (Å²) in [6.45, 7) is 0. The number of rotatable bonds is 2. The molecule has 1 N–H and O–H groups in total. The van der Waals surface area contributed by atoms with E-state index >= 15 is 0 Å². The topological polar surface area (TPSA) is 69.3 Å². The van der Waals surface area contributed by atoms with E-state index in [9.17, 15) is 9.59 Å². The monoisotopic (exact) mass is 356 g/mol. The summed E-state index contributed by atoms with van der Waals surface area (Å²) >= 11 is 0. The lowest BCUT2D eigenvalue weighted by molar-refractivity contribution is 0.0891. The van der Waals surface area contributed by atoms with Gasteiger partial charge in [-0.25, -0.2) is 9.88 Å². The van der Waals surface area contributed by atoms with Gasteiger partial charge in [-0.1, -0.05) is 24.3 Å². The Bertz CT molecular complexity index is 1200. The molecule has 0 bridgehead atoms. The van der Waals surface area contributed by atoms with Gasteiger partial charge in [0.05, 0.1) is 11.0 Å². The van der Waals surface area contributed by atoms with Crippen LogP contribution in [0.3, 0.4) is 0 Å². The highest BCUT2D eigenvalue weighted by atomic mass is 16.2. The number of para-hydroxylation sites is 2. The van der Waals surface area contributed by atoms with Crippen molar-refractivity contribution in [3.05, 3.63) is 65.7 Å². The largest absolute Gasteiger partial charge is 0.377 e. The highest BCUT2D eigenvalue weighted by Gasteiger charge is 2.36. The summed E-state index contributed by atoms with van der Waals surface area (Å²) in [5.74, 6) is -0.494. The third kappa shape index (κ3) is 2.10. The first-order valence-corrected chi connectivity index (χ1v) is 8.63. The van der Waals surface area contributed by atoms with Gasteiger partial charge in [0.2, 0.25) is 5.95 Å². The van der Waals surface area contributed by atoms with Crippen LogP contribution in [0.5, 0.6) is 0 Å². The summed E-state index contributed by atoms with van der Waals surface area (Å²) in [6.07, 6.45) is 0. The highest BCUT2D eigenvalue weighted by Crippen LogP contribution is 2.36. The number of nitrogens with zero attached hydrogens (tertiary/aromatic N) is 3. The van der Waals surface area contributed by atoms with Crippen molar-refractivity contribution < 1.29 is 9.59 Å². The number of H-pyrrole nitrogens is 1. The van der Waals surface area contributed by atoms with Gasteiger partial charge in [0.1, 0.15) is 0 Å². The second-order valence-electron chi connectivity index (χ2n) is 6.78. The Kier molecular flexibility index (Phi) is 3.12. The van der Waals surface area contributed by atoms with Crippen LogP contribution in [0, 0.1) is 0 Å². The molecule has 0 atom stereocenters. The van der Waals surface area contributed by atoms with Gasteiger partial charge in [0, 0.05) is 41.7 Å². The molecule has 132 valence electrons. The molecule has 4 aromatic rings. The molecule has 2 heterocycles. The van der Waals surface area contributed by atoms with Crippen LogP contribution in [0.4, 0.5) is 11.6 Å². The number of hydrogen-bond acceptors (Lipinski definition) is 4. The SMILES string of the molecule is CN(C)c1ccc2c3c(cccc13)C(=O)N(c1nc3ccccc3[nH]1)C2=O. The molecule has 3 aromatic carbocycles. The summed E-state index contributed by atoms with van der Waals surface area (Å²) < 4.78 is 0. The molecule has 0 spiro atoms. The molecule has 6 nitrogen and oxygen atoms in total. The van der Waals surface area contributed by atoms with E-state index in [-0.39, 0.29) is 17.8 Å². The van der Waals surface area contributed by atoms with Gasteiger partial charge in [-0.2, -0.15) is 0 Å². The Balaban J connectivity index is 1.75. The number of benzene rings is 3. The molecule has 1 aliphatic rings. The number of amides is 2. The Morgan fingerprint density at radius 3 is 2.37 bits per heavy atom. The number of fused-ring (bicyclic) bond motifs is 1. The van der Waals surface area contributed by atoms with Crippen molar-refractivity contribution in [1.82, 2.24) is 9.97 Å². The van der Waals surface area contributed by atoms with Crippen molar-refractivity contribution in [2.45, 2.75) is 0 Å². The fraction of sp³-hybridized carbons (Fsp3) is 0.0952. The van der Waals surface area contributed by atoms with Crippen LogP contribution in [0.15, 0.2) is 54.6 Å². The molecule has 6 heteroatoms. The maximum absolute atomic E-state index is 13.2. The zero-order chi connectivity index (χ0) is 18.7. The summed E-state index contributed by atoms with van der Waals surface area (Å²) in [6, 6.07) is 16.7. The lowest BCUT2D eigenvalue weighted by Gasteiger charge is -2.27. The Morgan fingerprint density at radius 2 is 1.63 bits per heavy atom. The molecule has 0 saturated heterocycles. The maximum atomic E-state index is 13.2. The van der Waals surface area contributed by atoms with E-state index in [0.29, 0.717) is 22.0 Å². The van der Waals surface area contributed by atoms with Crippen LogP contribution in [0.1, 0.15) is 20.7 Å². The minimum absolute atomic E-state index is 0.241. The second kappa shape index (κ2) is 5.41. The predicted molar refractivity (Wildman–Crippen MR) is 106 cm³/mol. The lowest BCUT2D eigenvalue weighted by Crippen LogP contribution is -2.41. The third-order valence-corrected chi connectivity index (χ3v) is 4.96. The summed E-state index contributed by atoms with van der Waals surface area (Å²) in [5.41, 5.74) is 3.46. The van der Waals surface area contributed by atoms with Gasteiger partial charge < -0.3 is 9.88 Å². The third-order valence-electron chi connectivity index (χ3n) is 4.96. The van der Waals surface area contributed by atoms with Crippen molar-refractivity contribution in [1.29, 1.82) is 0 Å². The first kappa shape index (κ1) is 15.6. The van der Waals surface area contributed by atoms with Crippen molar-refractivity contribution in [3.63, 3.8) is 0 Å². The zero-order valence-corrected chi connectivity index (χ0v) is 14.9. The molecule has 27 heavy (non-hydrogen) atoms. The van der Waals surface area contributed by atoms with Crippen molar-refractivity contribution in [2.75, 3.05) is 23.9 Å². The van der Waals surface area contributed by atoms with Gasteiger partial charge >= 0.3 is 0 Å². The quantitative estimate of drug-likeness (QED) is 0.557. The smallest absolute Gasteiger partial charge is 0.268 e. The lowest BCUT2D eigenvalue weighted by atomic mass is 9.93. The molecule has 1 aromatic heterocycles. The van der Waals surface area contributed by atoms with Crippen LogP contribution < -0.4 is 9.80 Å². The first-order chi connectivity index (χ1) is 13.1. The van der Waals surface area contributed by atoms with Gasteiger partial charge in [-0.3, -0.25) is 9.59 Å². The van der Waals surface area contributed by atoms with E-state index in [1.54, 1.807) is 12.1 Å². The number of imidazole rings is 1. The van der Waals surface area contributed by atoms with Crippen LogP contribution in [0.25, 0.3) is 21.8 Å². The molecule has 2 amide bonds. The van der Waals surface area contributed by atoms with Gasteiger partial charge in [0.15, 0.2) is 0 Å². The molecule has 0 radical (unpaired) electrons. The molecule has 0 fully saturated rings. The molecule has 0 unspecified atom stereocenters. The fourth-order valence-electron chi connectivity index (χ4n) is 3.71. The number of imide groups is 1. The minimum Gasteiger partial charge on any atom is -0.377 e. The van der Waals surface area contributed by atoms with E-state index < -0.39 is 0 Å². The molecule has 1 aliphatic heterocycles. The molecular weight excluding hydrogens is 340 g/mol. The molecule has 0 aliphatic carbocycles. The second-order valence-corrected chi connectivity index (χ2v) is 6.78. The standard InChI is InChI=1S/C21H16N4O2/c1-24(2)17-11-10-14-18-12(17)6-5-7-13(18)19(26)25(20(14)27)21-22-15-8-3-4-9-16(15)23-21/h3-11H,1-2H3,(H,22,23). The average molecular weight is 356 g/mol. The fourth-order valence-corrected chi connectivity index (χ4v) is 3.71. The number of hydrogen-bond donors (Lipinski definition) is 1. The summed E-state index contributed by atoms with van der Waals surface area (Å²) in [7, 11) is 3.88. The van der Waals surface area contributed by atoms with Gasteiger partial charge in [-0.05, 0) is 30.3 Å². The molecule has 5 rings (SSSR count). The molecule has 0 saturated carbocycles. The van der Waals surface area contributed by atoms with E-state index in [1.165, 1.54) is 0 Å².